The lowest BCUT2D eigenvalue weighted by molar-refractivity contribution is 0.0686. The van der Waals surface area contributed by atoms with Crippen LogP contribution in [0.5, 0.6) is 5.75 Å². The molecule has 1 aromatic heterocycles. The molecule has 0 aliphatic carbocycles. The first kappa shape index (κ1) is 17.5. The van der Waals surface area contributed by atoms with Gasteiger partial charge in [-0.25, -0.2) is 0 Å². The summed E-state index contributed by atoms with van der Waals surface area (Å²) in [6.45, 7) is 4.40. The van der Waals surface area contributed by atoms with E-state index >= 15 is 0 Å². The van der Waals surface area contributed by atoms with Crippen LogP contribution in [0.1, 0.15) is 42.1 Å². The molecule has 0 saturated carbocycles. The molecule has 132 valence electrons. The molecular weight excluding hydrogens is 312 g/mol. The number of amides is 1. The van der Waals surface area contributed by atoms with E-state index in [4.69, 9.17) is 4.74 Å². The Kier molecular flexibility index (Phi) is 6.04. The zero-order valence-corrected chi connectivity index (χ0v) is 14.9. The molecule has 0 bridgehead atoms. The molecule has 3 rings (SSSR count). The van der Waals surface area contributed by atoms with E-state index in [0.29, 0.717) is 18.1 Å². The molecule has 1 fully saturated rings. The third-order valence-corrected chi connectivity index (χ3v) is 4.89. The van der Waals surface area contributed by atoms with Crippen molar-refractivity contribution >= 4 is 5.91 Å². The number of ether oxygens (including phenoxy) is 1. The van der Waals surface area contributed by atoms with E-state index in [1.54, 1.807) is 12.4 Å². The molecule has 1 saturated heterocycles. The number of nitrogens with zero attached hydrogens (tertiary/aromatic N) is 2. The summed E-state index contributed by atoms with van der Waals surface area (Å²) < 4.78 is 5.48. The van der Waals surface area contributed by atoms with Crippen LogP contribution in [0.4, 0.5) is 0 Å². The molecule has 25 heavy (non-hydrogen) atoms. The van der Waals surface area contributed by atoms with Crippen molar-refractivity contribution in [3.63, 3.8) is 0 Å². The predicted molar refractivity (Wildman–Crippen MR) is 98.8 cm³/mol. The molecule has 0 radical (unpaired) electrons. The topological polar surface area (TPSA) is 42.4 Å². The number of likely N-dealkylation sites (tertiary alicyclic amines) is 1. The SMILES string of the molecule is CCOc1ccc(CCC2CCN(C(=O)c3cccnc3)CC2)cc1. The van der Waals surface area contributed by atoms with Gasteiger partial charge in [0.15, 0.2) is 0 Å². The Hall–Kier alpha value is -2.36. The molecule has 4 nitrogen and oxygen atoms in total. The van der Waals surface area contributed by atoms with Crippen LogP contribution in [0.25, 0.3) is 0 Å². The van der Waals surface area contributed by atoms with Gasteiger partial charge in [0.2, 0.25) is 0 Å². The fourth-order valence-electron chi connectivity index (χ4n) is 3.39. The van der Waals surface area contributed by atoms with Gasteiger partial charge in [-0.05, 0) is 68.4 Å². The molecule has 0 unspecified atom stereocenters. The number of carbonyl (C=O) groups excluding carboxylic acids is 1. The van der Waals surface area contributed by atoms with E-state index in [2.05, 4.69) is 17.1 Å². The van der Waals surface area contributed by atoms with E-state index in [0.717, 1.165) is 38.1 Å². The van der Waals surface area contributed by atoms with Gasteiger partial charge in [-0.1, -0.05) is 12.1 Å². The molecule has 0 atom stereocenters. The first-order chi connectivity index (χ1) is 12.3. The van der Waals surface area contributed by atoms with Gasteiger partial charge >= 0.3 is 0 Å². The quantitative estimate of drug-likeness (QED) is 0.800. The van der Waals surface area contributed by atoms with Crippen LogP contribution in [0, 0.1) is 5.92 Å². The minimum atomic E-state index is 0.109. The van der Waals surface area contributed by atoms with Gasteiger partial charge in [0, 0.05) is 25.5 Å². The molecule has 0 spiro atoms. The Labute approximate surface area is 149 Å². The number of aryl methyl sites for hydroxylation is 1. The number of aromatic nitrogens is 1. The monoisotopic (exact) mass is 338 g/mol. The first-order valence-corrected chi connectivity index (χ1v) is 9.17. The number of carbonyl (C=O) groups is 1. The third-order valence-electron chi connectivity index (χ3n) is 4.89. The summed E-state index contributed by atoms with van der Waals surface area (Å²) in [5, 5.41) is 0. The van der Waals surface area contributed by atoms with Crippen molar-refractivity contribution in [2.24, 2.45) is 5.92 Å². The third kappa shape index (κ3) is 4.81. The summed E-state index contributed by atoms with van der Waals surface area (Å²) in [4.78, 5) is 18.4. The highest BCUT2D eigenvalue weighted by molar-refractivity contribution is 5.93. The van der Waals surface area contributed by atoms with E-state index < -0.39 is 0 Å². The largest absolute Gasteiger partial charge is 0.494 e. The van der Waals surface area contributed by atoms with Gasteiger partial charge in [0.1, 0.15) is 5.75 Å². The Bertz CT molecular complexity index is 662. The second-order valence-corrected chi connectivity index (χ2v) is 6.59. The molecule has 1 aromatic carbocycles. The average Bonchev–Trinajstić information content (AvgIpc) is 2.68. The number of benzene rings is 1. The maximum atomic E-state index is 12.4. The van der Waals surface area contributed by atoms with Crippen molar-refractivity contribution in [1.82, 2.24) is 9.88 Å². The summed E-state index contributed by atoms with van der Waals surface area (Å²) >= 11 is 0. The van der Waals surface area contributed by atoms with E-state index in [1.807, 2.05) is 36.1 Å². The highest BCUT2D eigenvalue weighted by atomic mass is 16.5. The van der Waals surface area contributed by atoms with E-state index in [9.17, 15) is 4.79 Å². The Morgan fingerprint density at radius 1 is 1.20 bits per heavy atom. The van der Waals surface area contributed by atoms with Crippen LogP contribution in [-0.4, -0.2) is 35.5 Å². The summed E-state index contributed by atoms with van der Waals surface area (Å²) in [6, 6.07) is 12.1. The van der Waals surface area contributed by atoms with Crippen LogP contribution in [0.2, 0.25) is 0 Å². The summed E-state index contributed by atoms with van der Waals surface area (Å²) in [7, 11) is 0. The molecule has 2 aromatic rings. The van der Waals surface area contributed by atoms with Crippen LogP contribution < -0.4 is 4.74 Å². The van der Waals surface area contributed by atoms with Crippen LogP contribution in [0.15, 0.2) is 48.8 Å². The van der Waals surface area contributed by atoms with E-state index in [1.165, 1.54) is 12.0 Å². The fraction of sp³-hybridized carbons (Fsp3) is 0.429. The normalized spacial score (nSPS) is 15.2. The molecule has 2 heterocycles. The molecule has 1 aliphatic heterocycles. The van der Waals surface area contributed by atoms with Gasteiger partial charge < -0.3 is 9.64 Å². The van der Waals surface area contributed by atoms with Crippen molar-refractivity contribution in [2.45, 2.75) is 32.6 Å². The molecule has 0 N–H and O–H groups in total. The minimum Gasteiger partial charge on any atom is -0.494 e. The standard InChI is InChI=1S/C21H26N2O2/c1-2-25-20-9-7-17(8-10-20)5-6-18-11-14-23(15-12-18)21(24)19-4-3-13-22-16-19/h3-4,7-10,13,16,18H,2,5-6,11-12,14-15H2,1H3. The van der Waals surface area contributed by atoms with Crippen LogP contribution >= 0.6 is 0 Å². The molecule has 4 heteroatoms. The number of hydrogen-bond donors (Lipinski definition) is 0. The van der Waals surface area contributed by atoms with Gasteiger partial charge in [0.05, 0.1) is 12.2 Å². The highest BCUT2D eigenvalue weighted by Crippen LogP contribution is 2.24. The number of pyridine rings is 1. The maximum absolute atomic E-state index is 12.4. The van der Waals surface area contributed by atoms with Gasteiger partial charge in [-0.2, -0.15) is 0 Å². The molecular formula is C21H26N2O2. The van der Waals surface area contributed by atoms with E-state index in [-0.39, 0.29) is 5.91 Å². The summed E-state index contributed by atoms with van der Waals surface area (Å²) in [6.07, 6.45) is 7.80. The lowest BCUT2D eigenvalue weighted by Crippen LogP contribution is -2.38. The van der Waals surface area contributed by atoms with Crippen LogP contribution in [0.3, 0.4) is 0 Å². The Morgan fingerprint density at radius 3 is 2.60 bits per heavy atom. The van der Waals surface area contributed by atoms with Gasteiger partial charge in [0.25, 0.3) is 5.91 Å². The smallest absolute Gasteiger partial charge is 0.255 e. The van der Waals surface area contributed by atoms with Crippen molar-refractivity contribution in [1.29, 1.82) is 0 Å². The number of hydrogen-bond acceptors (Lipinski definition) is 3. The zero-order valence-electron chi connectivity index (χ0n) is 14.9. The zero-order chi connectivity index (χ0) is 17.5. The molecule has 1 aliphatic rings. The highest BCUT2D eigenvalue weighted by Gasteiger charge is 2.23. The van der Waals surface area contributed by atoms with Crippen molar-refractivity contribution in [3.05, 3.63) is 59.9 Å². The van der Waals surface area contributed by atoms with Crippen molar-refractivity contribution < 1.29 is 9.53 Å². The van der Waals surface area contributed by atoms with Crippen molar-refractivity contribution in [2.75, 3.05) is 19.7 Å². The van der Waals surface area contributed by atoms with Crippen molar-refractivity contribution in [3.8, 4) is 5.75 Å². The molecule has 1 amide bonds. The van der Waals surface area contributed by atoms with Gasteiger partial charge in [-0.15, -0.1) is 0 Å². The number of rotatable bonds is 6. The fourth-order valence-corrected chi connectivity index (χ4v) is 3.39. The second kappa shape index (κ2) is 8.65. The van der Waals surface area contributed by atoms with Gasteiger partial charge in [-0.3, -0.25) is 9.78 Å². The summed E-state index contributed by atoms with van der Waals surface area (Å²) in [5.41, 5.74) is 2.05. The Morgan fingerprint density at radius 2 is 1.96 bits per heavy atom. The lowest BCUT2D eigenvalue weighted by Gasteiger charge is -2.32. The predicted octanol–water partition coefficient (Wildman–Crippen LogP) is 3.97. The second-order valence-electron chi connectivity index (χ2n) is 6.59. The Balaban J connectivity index is 1.44. The minimum absolute atomic E-state index is 0.109. The number of piperidine rings is 1. The lowest BCUT2D eigenvalue weighted by atomic mass is 9.90. The van der Waals surface area contributed by atoms with Crippen LogP contribution in [-0.2, 0) is 6.42 Å². The average molecular weight is 338 g/mol. The first-order valence-electron chi connectivity index (χ1n) is 9.17. The summed E-state index contributed by atoms with van der Waals surface area (Å²) in [5.74, 6) is 1.75. The maximum Gasteiger partial charge on any atom is 0.255 e.